The van der Waals surface area contributed by atoms with E-state index in [9.17, 15) is 73.5 Å². The highest BCUT2D eigenvalue weighted by Crippen LogP contribution is 2.14. The van der Waals surface area contributed by atoms with Crippen molar-refractivity contribution < 1.29 is 73.5 Å². The molecule has 0 radical (unpaired) electrons. The maximum atomic E-state index is 14.4. The van der Waals surface area contributed by atoms with Gasteiger partial charge in [-0.05, 0) is 88.3 Å². The number of aliphatic hydroxyl groups is 2. The lowest BCUT2D eigenvalue weighted by atomic mass is 9.99. The lowest BCUT2D eigenvalue weighted by molar-refractivity contribution is -0.143. The molecule has 0 saturated heterocycles. The van der Waals surface area contributed by atoms with Crippen molar-refractivity contribution in [3.05, 3.63) is 29.8 Å². The summed E-state index contributed by atoms with van der Waals surface area (Å²) in [5.41, 5.74) is 27.7. The number of carbonyl (C=O) groups is 10. The molecule has 0 saturated carbocycles. The van der Waals surface area contributed by atoms with Crippen LogP contribution in [0.4, 0.5) is 0 Å². The van der Waals surface area contributed by atoms with Gasteiger partial charge in [0.2, 0.25) is 47.3 Å². The van der Waals surface area contributed by atoms with Crippen molar-refractivity contribution in [3.63, 3.8) is 0 Å². The zero-order valence-corrected chi connectivity index (χ0v) is 44.8. The number of benzene rings is 1. The smallest absolute Gasteiger partial charge is 0.326 e. The van der Waals surface area contributed by atoms with Crippen LogP contribution in [0.2, 0.25) is 0 Å². The Morgan fingerprint density at radius 3 is 1.35 bits per heavy atom. The number of phenolic OH excluding ortho intramolecular Hbond substituents is 1. The van der Waals surface area contributed by atoms with Crippen LogP contribution in [0.1, 0.15) is 98.5 Å². The molecule has 1 aromatic rings. The van der Waals surface area contributed by atoms with E-state index in [1.165, 1.54) is 31.2 Å². The molecule has 78 heavy (non-hydrogen) atoms. The standard InChI is InChI=1S/C48H81N15O15/c1-23(2)19-32(59-40(71)31(15-16-36(67)68)58-45(76)37(26(6)65)63-41(72)30(56-38(69)25(5)49)10-8-18-55-48(52)53)42(73)60-33(21-27-11-13-28(66)14-12-27)43(74)57-29(9-7-17-54-47(50)51)39(70)62-35(22-64)44(75)61-34(46(77)78)20-24(3)4/h11-14,23-26,29-35,37,64-66H,7-10,15-22,49H2,1-6H3,(H,56,69)(H,57,74)(H,58,76)(H,59,71)(H,60,73)(H,61,75)(H,62,70)(H,63,72)(H,67,68)(H,77,78)(H4,50,51,54)(H4,52,53,55)/t25-,26+,29-,30-,31-,32-,33-,34-,35-,37-/m0/s1. The molecule has 0 spiro atoms. The molecule has 0 bridgehead atoms. The zero-order chi connectivity index (χ0) is 59.4. The Kier molecular flexibility index (Phi) is 30.3. The quantitative estimate of drug-likeness (QED) is 0.0169. The fourth-order valence-electron chi connectivity index (χ4n) is 7.33. The number of carboxylic acid groups (broad SMARTS) is 2. The molecule has 1 rings (SSSR count). The van der Waals surface area contributed by atoms with Gasteiger partial charge in [-0.15, -0.1) is 0 Å². The van der Waals surface area contributed by atoms with Crippen LogP contribution in [0, 0.1) is 11.8 Å². The molecule has 30 heteroatoms. The van der Waals surface area contributed by atoms with Gasteiger partial charge >= 0.3 is 11.9 Å². The Morgan fingerprint density at radius 2 is 0.897 bits per heavy atom. The van der Waals surface area contributed by atoms with Crippen molar-refractivity contribution in [2.75, 3.05) is 19.7 Å². The molecule has 0 unspecified atom stereocenters. The van der Waals surface area contributed by atoms with Crippen molar-refractivity contribution in [2.45, 2.75) is 160 Å². The number of hydrogen-bond donors (Lipinski definition) is 18. The molecule has 0 aromatic heterocycles. The molecule has 0 aliphatic carbocycles. The third-order valence-corrected chi connectivity index (χ3v) is 11.4. The first-order valence-corrected chi connectivity index (χ1v) is 25.3. The van der Waals surface area contributed by atoms with Gasteiger partial charge < -0.3 is 96.7 Å². The summed E-state index contributed by atoms with van der Waals surface area (Å²) in [6, 6.07) is -8.09. The minimum atomic E-state index is -1.80. The predicted molar refractivity (Wildman–Crippen MR) is 283 cm³/mol. The van der Waals surface area contributed by atoms with Gasteiger partial charge in [0.15, 0.2) is 11.9 Å². The fourth-order valence-corrected chi connectivity index (χ4v) is 7.33. The minimum absolute atomic E-state index is 0.0194. The zero-order valence-electron chi connectivity index (χ0n) is 44.8. The normalized spacial score (nSPS) is 14.9. The number of nitrogens with zero attached hydrogens (tertiary/aromatic N) is 2. The van der Waals surface area contributed by atoms with Crippen molar-refractivity contribution in [3.8, 4) is 5.75 Å². The molecular weight excluding hydrogens is 1030 g/mol. The van der Waals surface area contributed by atoms with E-state index < -0.39 is 139 Å². The van der Waals surface area contributed by atoms with Gasteiger partial charge in [0.05, 0.1) is 18.8 Å². The number of aromatic hydroxyl groups is 1. The van der Waals surface area contributed by atoms with E-state index in [1.807, 2.05) is 0 Å². The molecule has 0 fully saturated rings. The summed E-state index contributed by atoms with van der Waals surface area (Å²) in [6.45, 7) is 8.36. The number of aliphatic hydroxyl groups excluding tert-OH is 2. The number of nitrogens with one attached hydrogen (secondary N) is 8. The van der Waals surface area contributed by atoms with Crippen molar-refractivity contribution in [1.82, 2.24) is 42.5 Å². The van der Waals surface area contributed by atoms with Gasteiger partial charge in [-0.1, -0.05) is 39.8 Å². The molecule has 10 atom stereocenters. The van der Waals surface area contributed by atoms with E-state index in [-0.39, 0.29) is 87.5 Å². The Balaban J connectivity index is 3.65. The molecule has 30 nitrogen and oxygen atoms in total. The van der Waals surface area contributed by atoms with Gasteiger partial charge in [-0.25, -0.2) is 4.79 Å². The van der Waals surface area contributed by atoms with Crippen LogP contribution >= 0.6 is 0 Å². The Bertz CT molecular complexity index is 2240. The maximum absolute atomic E-state index is 14.4. The number of aliphatic imine (C=N–C) groups is 2. The number of guanidine groups is 2. The van der Waals surface area contributed by atoms with Gasteiger partial charge in [-0.2, -0.15) is 0 Å². The van der Waals surface area contributed by atoms with Crippen molar-refractivity contribution in [2.24, 2.45) is 50.5 Å². The largest absolute Gasteiger partial charge is 0.508 e. The molecule has 23 N–H and O–H groups in total. The van der Waals surface area contributed by atoms with Gasteiger partial charge in [-0.3, -0.25) is 53.1 Å². The van der Waals surface area contributed by atoms with E-state index in [0.717, 1.165) is 6.92 Å². The molecule has 8 amide bonds. The minimum Gasteiger partial charge on any atom is -0.508 e. The summed E-state index contributed by atoms with van der Waals surface area (Å²) in [4.78, 5) is 141. The summed E-state index contributed by atoms with van der Waals surface area (Å²) in [5, 5.41) is 69.4. The highest BCUT2D eigenvalue weighted by molar-refractivity contribution is 5.98. The van der Waals surface area contributed by atoms with Gasteiger partial charge in [0.25, 0.3) is 0 Å². The second kappa shape index (κ2) is 34.7. The first kappa shape index (κ1) is 68.2. The molecule has 0 aliphatic heterocycles. The van der Waals surface area contributed by atoms with E-state index in [2.05, 4.69) is 52.5 Å². The Hall–Kier alpha value is -7.86. The Labute approximate surface area is 451 Å². The first-order chi connectivity index (χ1) is 36.4. The van der Waals surface area contributed by atoms with E-state index in [1.54, 1.807) is 27.7 Å². The number of aliphatic carboxylic acids is 2. The molecule has 438 valence electrons. The first-order valence-electron chi connectivity index (χ1n) is 25.3. The monoisotopic (exact) mass is 1110 g/mol. The van der Waals surface area contributed by atoms with E-state index in [0.29, 0.717) is 5.56 Å². The number of hydrogen-bond acceptors (Lipinski definition) is 16. The van der Waals surface area contributed by atoms with Crippen LogP contribution < -0.4 is 71.2 Å². The number of amides is 8. The summed E-state index contributed by atoms with van der Waals surface area (Å²) < 4.78 is 0. The summed E-state index contributed by atoms with van der Waals surface area (Å²) >= 11 is 0. The van der Waals surface area contributed by atoms with Crippen LogP contribution in [-0.2, 0) is 54.4 Å². The topological polar surface area (TPSA) is 523 Å². The lowest BCUT2D eigenvalue weighted by Crippen LogP contribution is -2.62. The Morgan fingerprint density at radius 1 is 0.513 bits per heavy atom. The highest BCUT2D eigenvalue weighted by Gasteiger charge is 2.36. The number of rotatable bonds is 36. The highest BCUT2D eigenvalue weighted by atomic mass is 16.4. The van der Waals surface area contributed by atoms with Crippen molar-refractivity contribution in [1.29, 1.82) is 0 Å². The second-order valence-corrected chi connectivity index (χ2v) is 19.4. The molecule has 0 heterocycles. The predicted octanol–water partition coefficient (Wildman–Crippen LogP) is -5.32. The van der Waals surface area contributed by atoms with Gasteiger partial charge in [0, 0.05) is 25.9 Å². The average Bonchev–Trinajstić information content (AvgIpc) is 3.34. The fraction of sp³-hybridized carbons (Fsp3) is 0.625. The van der Waals surface area contributed by atoms with E-state index >= 15 is 0 Å². The number of phenols is 1. The van der Waals surface area contributed by atoms with Crippen LogP contribution in [-0.4, -0.2) is 177 Å². The van der Waals surface area contributed by atoms with Crippen LogP contribution in [0.25, 0.3) is 0 Å². The molecule has 0 aliphatic rings. The second-order valence-electron chi connectivity index (χ2n) is 19.4. The van der Waals surface area contributed by atoms with Crippen LogP contribution in [0.5, 0.6) is 5.75 Å². The third-order valence-electron chi connectivity index (χ3n) is 11.4. The number of nitrogens with two attached hydrogens (primary N) is 5. The van der Waals surface area contributed by atoms with Crippen molar-refractivity contribution >= 4 is 71.1 Å². The number of carbonyl (C=O) groups excluding carboxylic acids is 8. The SMILES string of the molecule is CC(C)C[C@H](NC(=O)[C@H](CO)NC(=O)[C@H](CCCN=C(N)N)NC(=O)[C@H](Cc1ccc(O)cc1)NC(=O)[C@H](CC(C)C)NC(=O)[C@H](CCC(=O)O)NC(=O)[C@@H](NC(=O)[C@H](CCCN=C(N)N)NC(=O)[C@H](C)N)[C@@H](C)O)C(=O)O. The lowest BCUT2D eigenvalue weighted by Gasteiger charge is -2.29. The molecular formula is C48H81N15O15. The summed E-state index contributed by atoms with van der Waals surface area (Å²) in [5.74, 6) is -11.9. The van der Waals surface area contributed by atoms with E-state index in [4.69, 9.17) is 28.7 Å². The third kappa shape index (κ3) is 26.8. The van der Waals surface area contributed by atoms with Crippen LogP contribution in [0.15, 0.2) is 34.3 Å². The maximum Gasteiger partial charge on any atom is 0.326 e. The average molecular weight is 1110 g/mol. The number of carboxylic acids is 2. The van der Waals surface area contributed by atoms with Gasteiger partial charge in [0.1, 0.15) is 54.1 Å². The molecule has 1 aromatic carbocycles. The van der Waals surface area contributed by atoms with Crippen LogP contribution in [0.3, 0.4) is 0 Å². The summed E-state index contributed by atoms with van der Waals surface area (Å²) in [7, 11) is 0. The summed E-state index contributed by atoms with van der Waals surface area (Å²) in [6.07, 6.45) is -3.36.